The molecule has 1 aromatic carbocycles. The summed E-state index contributed by atoms with van der Waals surface area (Å²) < 4.78 is 12.6. The van der Waals surface area contributed by atoms with E-state index in [2.05, 4.69) is 30.5 Å². The summed E-state index contributed by atoms with van der Waals surface area (Å²) in [5.74, 6) is 1.63. The molecule has 0 atom stereocenters. The van der Waals surface area contributed by atoms with E-state index in [4.69, 9.17) is 15.1 Å². The molecule has 0 saturated heterocycles. The number of amides is 1. The normalized spacial score (nSPS) is 11.3. The average molecular weight is 451 g/mol. The van der Waals surface area contributed by atoms with Gasteiger partial charge >= 0.3 is 0 Å². The Balaban J connectivity index is 1.52. The third kappa shape index (κ3) is 5.09. The number of fused-ring (bicyclic) bond motifs is 1. The molecule has 11 nitrogen and oxygen atoms in total. The standard InChI is InChI=1S/C22H26N8O3/c1-4-30-17-12-19(24-13-16(17)26-22(30)20-21(23)28-33-27-20)32-15-8-5-7-14(11-15)25-18(31)9-6-10-29(2)3/h5,7-8,11-13H,4,6,9-10H2,1-3H3,(H2,23,28)(H,25,31). The van der Waals surface area contributed by atoms with Crippen LogP contribution in [0.5, 0.6) is 11.6 Å². The second-order valence-corrected chi connectivity index (χ2v) is 7.77. The maximum Gasteiger partial charge on any atom is 0.224 e. The van der Waals surface area contributed by atoms with Crippen molar-refractivity contribution in [2.75, 3.05) is 31.7 Å². The second-order valence-electron chi connectivity index (χ2n) is 7.77. The van der Waals surface area contributed by atoms with Crippen LogP contribution in [0.4, 0.5) is 11.5 Å². The van der Waals surface area contributed by atoms with Gasteiger partial charge in [-0.2, -0.15) is 0 Å². The van der Waals surface area contributed by atoms with E-state index in [9.17, 15) is 4.79 Å². The third-order valence-corrected chi connectivity index (χ3v) is 5.00. The molecule has 0 unspecified atom stereocenters. The van der Waals surface area contributed by atoms with Gasteiger partial charge in [0.2, 0.25) is 11.8 Å². The van der Waals surface area contributed by atoms with E-state index in [1.54, 1.807) is 24.4 Å². The largest absolute Gasteiger partial charge is 0.439 e. The minimum Gasteiger partial charge on any atom is -0.439 e. The first-order valence-electron chi connectivity index (χ1n) is 10.6. The monoisotopic (exact) mass is 450 g/mol. The number of nitrogens with zero attached hydrogens (tertiary/aromatic N) is 6. The van der Waals surface area contributed by atoms with Crippen molar-refractivity contribution in [3.8, 4) is 23.1 Å². The molecule has 4 aromatic rings. The Morgan fingerprint density at radius 1 is 1.27 bits per heavy atom. The number of anilines is 2. The maximum atomic E-state index is 12.2. The van der Waals surface area contributed by atoms with E-state index in [1.807, 2.05) is 37.7 Å². The zero-order valence-corrected chi connectivity index (χ0v) is 18.8. The van der Waals surface area contributed by atoms with Gasteiger partial charge in [-0.05, 0) is 56.4 Å². The highest BCUT2D eigenvalue weighted by atomic mass is 16.6. The van der Waals surface area contributed by atoms with Crippen molar-refractivity contribution in [1.29, 1.82) is 0 Å². The number of hydrogen-bond acceptors (Lipinski definition) is 9. The van der Waals surface area contributed by atoms with Gasteiger partial charge in [0.1, 0.15) is 11.3 Å². The number of nitrogen functional groups attached to an aromatic ring is 1. The molecule has 0 spiro atoms. The highest BCUT2D eigenvalue weighted by Gasteiger charge is 2.19. The first-order chi connectivity index (χ1) is 15.9. The number of pyridine rings is 1. The molecule has 3 aromatic heterocycles. The highest BCUT2D eigenvalue weighted by Crippen LogP contribution is 2.29. The van der Waals surface area contributed by atoms with Gasteiger partial charge in [-0.3, -0.25) is 4.79 Å². The van der Waals surface area contributed by atoms with Crippen molar-refractivity contribution in [2.45, 2.75) is 26.3 Å². The minimum atomic E-state index is -0.0328. The van der Waals surface area contributed by atoms with Gasteiger partial charge in [0.15, 0.2) is 17.3 Å². The van der Waals surface area contributed by atoms with Gasteiger partial charge < -0.3 is 25.3 Å². The van der Waals surface area contributed by atoms with Crippen molar-refractivity contribution in [2.24, 2.45) is 0 Å². The Labute approximate surface area is 190 Å². The molecular weight excluding hydrogens is 424 g/mol. The molecule has 0 saturated carbocycles. The number of carbonyl (C=O) groups excluding carboxylic acids is 1. The van der Waals surface area contributed by atoms with E-state index < -0.39 is 0 Å². The fourth-order valence-electron chi connectivity index (χ4n) is 3.45. The first-order valence-corrected chi connectivity index (χ1v) is 10.6. The second kappa shape index (κ2) is 9.65. The number of nitrogens with two attached hydrogens (primary N) is 1. The summed E-state index contributed by atoms with van der Waals surface area (Å²) in [6, 6.07) is 9.00. The van der Waals surface area contributed by atoms with Gasteiger partial charge in [-0.1, -0.05) is 6.07 Å². The lowest BCUT2D eigenvalue weighted by molar-refractivity contribution is -0.116. The summed E-state index contributed by atoms with van der Waals surface area (Å²) in [7, 11) is 3.97. The summed E-state index contributed by atoms with van der Waals surface area (Å²) >= 11 is 0. The van der Waals surface area contributed by atoms with Gasteiger partial charge in [0.05, 0.1) is 11.7 Å². The predicted molar refractivity (Wildman–Crippen MR) is 124 cm³/mol. The van der Waals surface area contributed by atoms with Gasteiger partial charge in [-0.15, -0.1) is 0 Å². The molecule has 0 aliphatic heterocycles. The Morgan fingerprint density at radius 3 is 2.85 bits per heavy atom. The smallest absolute Gasteiger partial charge is 0.224 e. The quantitative estimate of drug-likeness (QED) is 0.394. The van der Waals surface area contributed by atoms with Crippen molar-refractivity contribution in [3.63, 3.8) is 0 Å². The summed E-state index contributed by atoms with van der Waals surface area (Å²) in [6.45, 7) is 3.47. The van der Waals surface area contributed by atoms with E-state index in [0.29, 0.717) is 47.3 Å². The van der Waals surface area contributed by atoms with E-state index in [1.165, 1.54) is 0 Å². The molecular formula is C22H26N8O3. The van der Waals surface area contributed by atoms with Crippen molar-refractivity contribution < 1.29 is 14.2 Å². The number of carbonyl (C=O) groups is 1. The number of hydrogen-bond donors (Lipinski definition) is 2. The molecule has 3 N–H and O–H groups in total. The van der Waals surface area contributed by atoms with Crippen molar-refractivity contribution in [3.05, 3.63) is 36.5 Å². The Morgan fingerprint density at radius 2 is 2.12 bits per heavy atom. The summed E-state index contributed by atoms with van der Waals surface area (Å²) in [5, 5.41) is 10.4. The molecule has 1 amide bonds. The van der Waals surface area contributed by atoms with Gasteiger partial charge in [0, 0.05) is 30.8 Å². The number of benzene rings is 1. The highest BCUT2D eigenvalue weighted by molar-refractivity contribution is 5.90. The number of aryl methyl sites for hydroxylation is 1. The first kappa shape index (κ1) is 22.2. The lowest BCUT2D eigenvalue weighted by Crippen LogP contribution is -2.17. The Bertz CT molecular complexity index is 1260. The third-order valence-electron chi connectivity index (χ3n) is 5.00. The zero-order valence-electron chi connectivity index (χ0n) is 18.8. The number of rotatable bonds is 9. The number of nitrogens with one attached hydrogen (secondary N) is 1. The fourth-order valence-corrected chi connectivity index (χ4v) is 3.45. The topological polar surface area (TPSA) is 137 Å². The minimum absolute atomic E-state index is 0.0328. The van der Waals surface area contributed by atoms with Gasteiger partial charge in [-0.25, -0.2) is 14.6 Å². The Kier molecular flexibility index (Phi) is 6.50. The van der Waals surface area contributed by atoms with Crippen LogP contribution in [0, 0.1) is 0 Å². The number of imidazole rings is 1. The van der Waals surface area contributed by atoms with Crippen LogP contribution in [0.25, 0.3) is 22.6 Å². The van der Waals surface area contributed by atoms with Crippen LogP contribution in [-0.2, 0) is 11.3 Å². The van der Waals surface area contributed by atoms with Crippen LogP contribution in [0.15, 0.2) is 41.2 Å². The van der Waals surface area contributed by atoms with Crippen LogP contribution >= 0.6 is 0 Å². The van der Waals surface area contributed by atoms with E-state index in [-0.39, 0.29) is 11.7 Å². The van der Waals surface area contributed by atoms with Crippen LogP contribution in [0.3, 0.4) is 0 Å². The molecule has 0 bridgehead atoms. The predicted octanol–water partition coefficient (Wildman–Crippen LogP) is 3.16. The maximum absolute atomic E-state index is 12.2. The number of ether oxygens (including phenoxy) is 1. The molecule has 0 aliphatic rings. The Hall–Kier alpha value is -3.99. The molecule has 0 fully saturated rings. The fraction of sp³-hybridized carbons (Fsp3) is 0.318. The van der Waals surface area contributed by atoms with Crippen LogP contribution in [0.1, 0.15) is 19.8 Å². The summed E-state index contributed by atoms with van der Waals surface area (Å²) in [4.78, 5) is 23.2. The lowest BCUT2D eigenvalue weighted by atomic mass is 10.2. The molecule has 172 valence electrons. The summed E-state index contributed by atoms with van der Waals surface area (Å²) in [6.07, 6.45) is 2.87. The molecule has 4 rings (SSSR count). The van der Waals surface area contributed by atoms with Crippen molar-refractivity contribution >= 4 is 28.4 Å². The lowest BCUT2D eigenvalue weighted by Gasteiger charge is -2.10. The summed E-state index contributed by atoms with van der Waals surface area (Å²) in [5.41, 5.74) is 8.37. The number of aromatic nitrogens is 5. The molecule has 11 heteroatoms. The van der Waals surface area contributed by atoms with E-state index in [0.717, 1.165) is 18.5 Å². The van der Waals surface area contributed by atoms with Crippen molar-refractivity contribution in [1.82, 2.24) is 29.7 Å². The molecule has 3 heterocycles. The average Bonchev–Trinajstić information content (AvgIpc) is 3.36. The van der Waals surface area contributed by atoms with Crippen LogP contribution < -0.4 is 15.8 Å². The SMILES string of the molecule is CCn1c(-c2nonc2N)nc2cnc(Oc3cccc(NC(=O)CCCN(C)C)c3)cc21. The molecule has 0 radical (unpaired) electrons. The van der Waals surface area contributed by atoms with Crippen LogP contribution in [0.2, 0.25) is 0 Å². The molecule has 33 heavy (non-hydrogen) atoms. The van der Waals surface area contributed by atoms with E-state index >= 15 is 0 Å². The van der Waals surface area contributed by atoms with Crippen LogP contribution in [-0.4, -0.2) is 56.3 Å². The molecule has 0 aliphatic carbocycles. The van der Waals surface area contributed by atoms with Gasteiger partial charge in [0.25, 0.3) is 0 Å². The zero-order chi connectivity index (χ0) is 23.4.